The summed E-state index contributed by atoms with van der Waals surface area (Å²) in [6.07, 6.45) is 3.44. The van der Waals surface area contributed by atoms with Crippen molar-refractivity contribution in [1.82, 2.24) is 19.6 Å². The van der Waals surface area contributed by atoms with Gasteiger partial charge < -0.3 is 9.73 Å². The van der Waals surface area contributed by atoms with E-state index in [1.807, 2.05) is 36.9 Å². The molecule has 1 aromatic carbocycles. The van der Waals surface area contributed by atoms with Crippen LogP contribution in [0.1, 0.15) is 38.8 Å². The Morgan fingerprint density at radius 2 is 1.93 bits per heavy atom. The maximum Gasteiger partial charge on any atom is 0.291 e. The zero-order valence-corrected chi connectivity index (χ0v) is 18.6. The summed E-state index contributed by atoms with van der Waals surface area (Å²) in [6.45, 7) is 7.09. The van der Waals surface area contributed by atoms with E-state index in [9.17, 15) is 4.79 Å². The summed E-state index contributed by atoms with van der Waals surface area (Å²) in [5.74, 6) is 0.594. The fourth-order valence-electron chi connectivity index (χ4n) is 3.23. The fourth-order valence-corrected chi connectivity index (χ4v) is 3.51. The number of carbonyl (C=O) groups is 1. The molecule has 0 fully saturated rings. The van der Waals surface area contributed by atoms with Gasteiger partial charge in [0.25, 0.3) is 5.91 Å². The Morgan fingerprint density at radius 3 is 2.67 bits per heavy atom. The number of amides is 1. The van der Waals surface area contributed by atoms with Crippen molar-refractivity contribution in [2.75, 3.05) is 5.32 Å². The molecule has 1 N–H and O–H groups in total. The Morgan fingerprint density at radius 1 is 1.13 bits per heavy atom. The molecule has 4 aromatic rings. The third-order valence-corrected chi connectivity index (χ3v) is 6.12. The summed E-state index contributed by atoms with van der Waals surface area (Å²) >= 11 is 3.52. The molecule has 4 rings (SSSR count). The van der Waals surface area contributed by atoms with Crippen LogP contribution in [0.25, 0.3) is 0 Å². The van der Waals surface area contributed by atoms with Crippen molar-refractivity contribution in [3.63, 3.8) is 0 Å². The summed E-state index contributed by atoms with van der Waals surface area (Å²) < 4.78 is 10.4. The molecule has 7 nitrogen and oxygen atoms in total. The van der Waals surface area contributed by atoms with Gasteiger partial charge in [-0.15, -0.1) is 0 Å². The van der Waals surface area contributed by atoms with Crippen molar-refractivity contribution in [3.8, 4) is 0 Å². The zero-order chi connectivity index (χ0) is 21.3. The number of nitrogens with one attached hydrogen (secondary N) is 1. The summed E-state index contributed by atoms with van der Waals surface area (Å²) in [5.41, 5.74) is 4.94. The first-order chi connectivity index (χ1) is 14.4. The van der Waals surface area contributed by atoms with Crippen LogP contribution in [0, 0.1) is 20.8 Å². The second kappa shape index (κ2) is 8.31. The van der Waals surface area contributed by atoms with Crippen LogP contribution in [0.3, 0.4) is 0 Å². The lowest BCUT2D eigenvalue weighted by molar-refractivity contribution is 0.0994. The normalized spacial score (nSPS) is 11.1. The van der Waals surface area contributed by atoms with Crippen LogP contribution in [0.4, 0.5) is 5.69 Å². The van der Waals surface area contributed by atoms with Crippen molar-refractivity contribution in [1.29, 1.82) is 0 Å². The number of furan rings is 1. The van der Waals surface area contributed by atoms with E-state index in [1.54, 1.807) is 23.0 Å². The number of nitrogens with zero attached hydrogens (tertiary/aromatic N) is 4. The first kappa shape index (κ1) is 20.2. The molecule has 0 radical (unpaired) electrons. The molecule has 8 heteroatoms. The van der Waals surface area contributed by atoms with Crippen LogP contribution < -0.4 is 5.32 Å². The van der Waals surface area contributed by atoms with Gasteiger partial charge in [0.05, 0.1) is 40.8 Å². The minimum absolute atomic E-state index is 0.247. The number of halogens is 1. The molecule has 0 unspecified atom stereocenters. The Bertz CT molecular complexity index is 1200. The number of carbonyl (C=O) groups excluding carboxylic acids is 1. The number of aryl methyl sites for hydroxylation is 2. The van der Waals surface area contributed by atoms with E-state index in [1.165, 1.54) is 11.1 Å². The molecule has 0 aliphatic rings. The number of rotatable bonds is 6. The smallest absolute Gasteiger partial charge is 0.291 e. The first-order valence-corrected chi connectivity index (χ1v) is 10.4. The molecule has 0 aliphatic heterocycles. The maximum atomic E-state index is 12.6. The second-order valence-electron chi connectivity index (χ2n) is 7.22. The molecule has 0 bridgehead atoms. The zero-order valence-electron chi connectivity index (χ0n) is 17.0. The number of aromatic nitrogens is 4. The molecule has 3 aromatic heterocycles. The first-order valence-electron chi connectivity index (χ1n) is 9.57. The lowest BCUT2D eigenvalue weighted by Crippen LogP contribution is -2.10. The van der Waals surface area contributed by atoms with Gasteiger partial charge in [-0.2, -0.15) is 10.2 Å². The largest absolute Gasteiger partial charge is 0.454 e. The van der Waals surface area contributed by atoms with Gasteiger partial charge >= 0.3 is 0 Å². The van der Waals surface area contributed by atoms with Crippen LogP contribution in [0.2, 0.25) is 0 Å². The monoisotopic (exact) mass is 467 g/mol. The molecular weight excluding hydrogens is 446 g/mol. The van der Waals surface area contributed by atoms with E-state index in [2.05, 4.69) is 50.5 Å². The van der Waals surface area contributed by atoms with E-state index in [0.29, 0.717) is 24.5 Å². The summed E-state index contributed by atoms with van der Waals surface area (Å²) in [7, 11) is 0. The van der Waals surface area contributed by atoms with Crippen molar-refractivity contribution in [2.24, 2.45) is 0 Å². The van der Waals surface area contributed by atoms with Crippen molar-refractivity contribution in [3.05, 3.63) is 87.3 Å². The van der Waals surface area contributed by atoms with Crippen LogP contribution in [-0.4, -0.2) is 25.5 Å². The number of anilines is 1. The summed E-state index contributed by atoms with van der Waals surface area (Å²) in [4.78, 5) is 12.6. The second-order valence-corrected chi connectivity index (χ2v) is 8.01. The molecule has 30 heavy (non-hydrogen) atoms. The summed E-state index contributed by atoms with van der Waals surface area (Å²) in [6, 6.07) is 11.6. The molecule has 0 aliphatic carbocycles. The van der Waals surface area contributed by atoms with E-state index in [0.717, 1.165) is 15.9 Å². The SMILES string of the molecule is Cc1ccccc1Cn1cc(NC(=O)c2ccc(Cn3nc(C)c(Br)c3C)o2)cn1. The standard InChI is InChI=1S/C22H22BrN5O2/c1-14-6-4-5-7-17(14)11-27-12-18(10-24-27)25-22(29)20-9-8-19(30-20)13-28-16(3)21(23)15(2)26-28/h4-10,12H,11,13H2,1-3H3,(H,25,29). The van der Waals surface area contributed by atoms with Crippen molar-refractivity contribution in [2.45, 2.75) is 33.9 Å². The highest BCUT2D eigenvalue weighted by Crippen LogP contribution is 2.21. The highest BCUT2D eigenvalue weighted by Gasteiger charge is 2.15. The number of hydrogen-bond donors (Lipinski definition) is 1. The fraction of sp³-hybridized carbons (Fsp3) is 0.227. The lowest BCUT2D eigenvalue weighted by Gasteiger charge is -2.05. The van der Waals surface area contributed by atoms with Crippen LogP contribution >= 0.6 is 15.9 Å². The van der Waals surface area contributed by atoms with Gasteiger partial charge in [-0.3, -0.25) is 14.2 Å². The third-order valence-electron chi connectivity index (χ3n) is 4.97. The number of benzene rings is 1. The molecule has 0 atom stereocenters. The topological polar surface area (TPSA) is 77.9 Å². The van der Waals surface area contributed by atoms with E-state index >= 15 is 0 Å². The van der Waals surface area contributed by atoms with Gasteiger partial charge in [-0.05, 0) is 60.0 Å². The van der Waals surface area contributed by atoms with Crippen molar-refractivity contribution >= 4 is 27.5 Å². The molecule has 0 saturated heterocycles. The Kier molecular flexibility index (Phi) is 5.59. The highest BCUT2D eigenvalue weighted by atomic mass is 79.9. The Balaban J connectivity index is 1.41. The molecular formula is C22H22BrN5O2. The van der Waals surface area contributed by atoms with Gasteiger partial charge in [0.15, 0.2) is 5.76 Å². The van der Waals surface area contributed by atoms with Gasteiger partial charge in [0.2, 0.25) is 0 Å². The molecule has 0 spiro atoms. The Labute approximate surface area is 182 Å². The van der Waals surface area contributed by atoms with Gasteiger partial charge in [0, 0.05) is 6.20 Å². The lowest BCUT2D eigenvalue weighted by atomic mass is 10.1. The molecule has 0 saturated carbocycles. The predicted octanol–water partition coefficient (Wildman–Crippen LogP) is 4.71. The minimum atomic E-state index is -0.314. The predicted molar refractivity (Wildman–Crippen MR) is 118 cm³/mol. The van der Waals surface area contributed by atoms with Crippen LogP contribution in [-0.2, 0) is 13.1 Å². The van der Waals surface area contributed by atoms with Gasteiger partial charge in [-0.25, -0.2) is 0 Å². The maximum absolute atomic E-state index is 12.6. The average Bonchev–Trinajstić information content (AvgIpc) is 3.42. The highest BCUT2D eigenvalue weighted by molar-refractivity contribution is 9.10. The molecule has 3 heterocycles. The van der Waals surface area contributed by atoms with Crippen LogP contribution in [0.15, 0.2) is 57.7 Å². The summed E-state index contributed by atoms with van der Waals surface area (Å²) in [5, 5.41) is 11.6. The van der Waals surface area contributed by atoms with Gasteiger partial charge in [0.1, 0.15) is 5.76 Å². The van der Waals surface area contributed by atoms with E-state index < -0.39 is 0 Å². The minimum Gasteiger partial charge on any atom is -0.454 e. The number of hydrogen-bond acceptors (Lipinski definition) is 4. The Hall–Kier alpha value is -3.13. The van der Waals surface area contributed by atoms with Crippen molar-refractivity contribution < 1.29 is 9.21 Å². The van der Waals surface area contributed by atoms with E-state index in [-0.39, 0.29) is 11.7 Å². The van der Waals surface area contributed by atoms with E-state index in [4.69, 9.17) is 4.42 Å². The quantitative estimate of drug-likeness (QED) is 0.445. The van der Waals surface area contributed by atoms with Gasteiger partial charge in [-0.1, -0.05) is 24.3 Å². The third kappa shape index (κ3) is 4.23. The molecule has 154 valence electrons. The van der Waals surface area contributed by atoms with Crippen LogP contribution in [0.5, 0.6) is 0 Å². The molecule has 1 amide bonds. The average molecular weight is 468 g/mol.